The second-order valence-electron chi connectivity index (χ2n) is 6.68. The number of fused-ring (bicyclic) bond motifs is 1. The fourth-order valence-electron chi connectivity index (χ4n) is 3.17. The van der Waals surface area contributed by atoms with E-state index in [1.54, 1.807) is 4.68 Å². The van der Waals surface area contributed by atoms with Crippen LogP contribution in [-0.2, 0) is 4.79 Å². The molecule has 6 nitrogen and oxygen atoms in total. The first kappa shape index (κ1) is 19.0. The zero-order valence-electron chi connectivity index (χ0n) is 15.8. The number of hydrogen-bond acceptors (Lipinski definition) is 6. The van der Waals surface area contributed by atoms with E-state index in [9.17, 15) is 4.79 Å². The van der Waals surface area contributed by atoms with E-state index in [1.807, 2.05) is 66.1 Å². The van der Waals surface area contributed by atoms with Crippen molar-refractivity contribution >= 4 is 35.1 Å². The van der Waals surface area contributed by atoms with Crippen molar-refractivity contribution < 1.29 is 4.79 Å². The van der Waals surface area contributed by atoms with Crippen LogP contribution in [0.3, 0.4) is 0 Å². The Morgan fingerprint density at radius 3 is 2.75 bits per heavy atom. The minimum Gasteiger partial charge on any atom is -0.311 e. The molecule has 1 unspecified atom stereocenters. The zero-order chi connectivity index (χ0) is 19.5. The summed E-state index contributed by atoms with van der Waals surface area (Å²) in [6, 6.07) is 16.1. The molecule has 4 rings (SSSR count). The Hall–Kier alpha value is -2.32. The number of aromatic nitrogens is 4. The van der Waals surface area contributed by atoms with Gasteiger partial charge in [0.05, 0.1) is 17.1 Å². The summed E-state index contributed by atoms with van der Waals surface area (Å²) in [5.74, 6) is 0.367. The maximum Gasteiger partial charge on any atom is 0.237 e. The molecule has 144 valence electrons. The van der Waals surface area contributed by atoms with Crippen LogP contribution in [0.4, 0.5) is 5.69 Å². The Morgan fingerprint density at radius 2 is 1.93 bits per heavy atom. The van der Waals surface area contributed by atoms with Crippen LogP contribution in [0.2, 0.25) is 0 Å². The minimum absolute atomic E-state index is 0.0754. The number of benzene rings is 2. The van der Waals surface area contributed by atoms with Gasteiger partial charge in [-0.2, -0.15) is 4.68 Å². The number of carbonyl (C=O) groups is 1. The number of tetrazole rings is 1. The van der Waals surface area contributed by atoms with Crippen LogP contribution in [0.5, 0.6) is 0 Å². The van der Waals surface area contributed by atoms with E-state index < -0.39 is 0 Å². The largest absolute Gasteiger partial charge is 0.311 e. The van der Waals surface area contributed by atoms with Crippen molar-refractivity contribution in [3.63, 3.8) is 0 Å². The maximum atomic E-state index is 13.0. The molecule has 1 aromatic heterocycles. The summed E-state index contributed by atoms with van der Waals surface area (Å²) in [6.07, 6.45) is 0.969. The van der Waals surface area contributed by atoms with Gasteiger partial charge in [0.25, 0.3) is 0 Å². The number of aryl methyl sites for hydroxylation is 1. The van der Waals surface area contributed by atoms with Gasteiger partial charge in [0.2, 0.25) is 11.1 Å². The molecule has 8 heteroatoms. The highest BCUT2D eigenvalue weighted by Gasteiger charge is 2.24. The molecular formula is C20H21N5OS2. The van der Waals surface area contributed by atoms with Gasteiger partial charge in [0, 0.05) is 16.7 Å². The molecule has 0 saturated heterocycles. The third-order valence-corrected chi connectivity index (χ3v) is 6.80. The first-order valence-corrected chi connectivity index (χ1v) is 11.0. The van der Waals surface area contributed by atoms with E-state index >= 15 is 0 Å². The second-order valence-corrected chi connectivity index (χ2v) is 9.10. The average molecular weight is 412 g/mol. The number of anilines is 1. The highest BCUT2D eigenvalue weighted by Crippen LogP contribution is 2.37. The number of amides is 1. The van der Waals surface area contributed by atoms with Crippen molar-refractivity contribution in [3.8, 4) is 5.69 Å². The van der Waals surface area contributed by atoms with E-state index in [1.165, 1.54) is 11.8 Å². The predicted molar refractivity (Wildman–Crippen MR) is 113 cm³/mol. The summed E-state index contributed by atoms with van der Waals surface area (Å²) in [4.78, 5) is 16.1. The molecular weight excluding hydrogens is 390 g/mol. The number of hydrogen-bond donors (Lipinski definition) is 0. The number of carbonyl (C=O) groups excluding carboxylic acids is 1. The lowest BCUT2D eigenvalue weighted by Crippen LogP contribution is -2.33. The monoisotopic (exact) mass is 411 g/mol. The van der Waals surface area contributed by atoms with E-state index in [0.717, 1.165) is 34.8 Å². The number of rotatable bonds is 4. The first-order chi connectivity index (χ1) is 13.6. The van der Waals surface area contributed by atoms with Crippen LogP contribution in [0.1, 0.15) is 18.9 Å². The van der Waals surface area contributed by atoms with Crippen LogP contribution in [0.25, 0.3) is 5.69 Å². The van der Waals surface area contributed by atoms with Crippen LogP contribution in [0.15, 0.2) is 58.6 Å². The van der Waals surface area contributed by atoms with Crippen molar-refractivity contribution in [3.05, 3.63) is 54.1 Å². The number of thioether (sulfide) groups is 2. The van der Waals surface area contributed by atoms with Crippen molar-refractivity contribution in [2.24, 2.45) is 0 Å². The molecule has 0 aliphatic carbocycles. The number of nitrogens with zero attached hydrogens (tertiary/aromatic N) is 5. The van der Waals surface area contributed by atoms with Gasteiger partial charge in [-0.1, -0.05) is 49.0 Å². The van der Waals surface area contributed by atoms with E-state index in [0.29, 0.717) is 16.2 Å². The SMILES string of the molecule is Cc1ccccc1-n1nnnc1SCC(=O)N1CCC(C)Sc2ccccc21. The van der Waals surface area contributed by atoms with Crippen LogP contribution < -0.4 is 4.90 Å². The molecule has 1 aliphatic rings. The van der Waals surface area contributed by atoms with Crippen molar-refractivity contribution in [1.82, 2.24) is 20.2 Å². The molecule has 0 spiro atoms. The molecule has 1 aliphatic heterocycles. The van der Waals surface area contributed by atoms with Crippen molar-refractivity contribution in [1.29, 1.82) is 0 Å². The fraction of sp³-hybridized carbons (Fsp3) is 0.300. The third kappa shape index (κ3) is 3.93. The Morgan fingerprint density at radius 1 is 1.18 bits per heavy atom. The van der Waals surface area contributed by atoms with E-state index in [2.05, 4.69) is 28.5 Å². The van der Waals surface area contributed by atoms with Gasteiger partial charge in [-0.15, -0.1) is 16.9 Å². The summed E-state index contributed by atoms with van der Waals surface area (Å²) in [5, 5.41) is 13.1. The Kier molecular flexibility index (Phi) is 5.68. The highest BCUT2D eigenvalue weighted by atomic mass is 32.2. The lowest BCUT2D eigenvalue weighted by atomic mass is 10.2. The smallest absolute Gasteiger partial charge is 0.237 e. The van der Waals surface area contributed by atoms with Crippen LogP contribution >= 0.6 is 23.5 Å². The summed E-state index contributed by atoms with van der Waals surface area (Å²) in [6.45, 7) is 4.96. The Balaban J connectivity index is 1.52. The zero-order valence-corrected chi connectivity index (χ0v) is 17.4. The maximum absolute atomic E-state index is 13.0. The van der Waals surface area contributed by atoms with Gasteiger partial charge < -0.3 is 4.90 Å². The minimum atomic E-state index is 0.0754. The van der Waals surface area contributed by atoms with Gasteiger partial charge in [-0.05, 0) is 47.5 Å². The number of para-hydroxylation sites is 2. The summed E-state index contributed by atoms with van der Waals surface area (Å²) in [7, 11) is 0. The molecule has 1 atom stereocenters. The third-order valence-electron chi connectivity index (χ3n) is 4.65. The van der Waals surface area contributed by atoms with Gasteiger partial charge in [-0.3, -0.25) is 4.79 Å². The quantitative estimate of drug-likeness (QED) is 0.605. The Labute approximate surface area is 172 Å². The van der Waals surface area contributed by atoms with E-state index in [4.69, 9.17) is 0 Å². The standard InChI is InChI=1S/C20H21N5OS2/c1-14-7-3-4-8-16(14)25-20(21-22-23-25)27-13-19(26)24-12-11-15(2)28-18-10-6-5-9-17(18)24/h3-10,15H,11-13H2,1-2H3. The first-order valence-electron chi connectivity index (χ1n) is 9.16. The Bertz CT molecular complexity index is 990. The topological polar surface area (TPSA) is 63.9 Å². The van der Waals surface area contributed by atoms with Gasteiger partial charge in [0.1, 0.15) is 0 Å². The van der Waals surface area contributed by atoms with Crippen LogP contribution in [0, 0.1) is 6.92 Å². The second kappa shape index (κ2) is 8.36. The molecule has 0 bridgehead atoms. The molecule has 0 saturated carbocycles. The molecule has 2 heterocycles. The van der Waals surface area contributed by atoms with E-state index in [-0.39, 0.29) is 5.91 Å². The summed E-state index contributed by atoms with van der Waals surface area (Å²) in [5.41, 5.74) is 3.00. The molecule has 3 aromatic rings. The molecule has 0 N–H and O–H groups in total. The van der Waals surface area contributed by atoms with Crippen LogP contribution in [-0.4, -0.2) is 43.7 Å². The average Bonchev–Trinajstić information content (AvgIpc) is 3.09. The molecule has 1 amide bonds. The van der Waals surface area contributed by atoms with Crippen molar-refractivity contribution in [2.75, 3.05) is 17.2 Å². The molecule has 2 aromatic carbocycles. The summed E-state index contributed by atoms with van der Waals surface area (Å²) < 4.78 is 1.70. The normalized spacial score (nSPS) is 16.5. The lowest BCUT2D eigenvalue weighted by molar-refractivity contribution is -0.116. The molecule has 28 heavy (non-hydrogen) atoms. The lowest BCUT2D eigenvalue weighted by Gasteiger charge is -2.22. The highest BCUT2D eigenvalue weighted by molar-refractivity contribution is 8.00. The predicted octanol–water partition coefficient (Wildman–Crippen LogP) is 3.98. The molecule has 0 fully saturated rings. The molecule has 0 radical (unpaired) electrons. The van der Waals surface area contributed by atoms with Gasteiger partial charge in [0.15, 0.2) is 0 Å². The van der Waals surface area contributed by atoms with Crippen molar-refractivity contribution in [2.45, 2.75) is 35.6 Å². The van der Waals surface area contributed by atoms with Gasteiger partial charge in [-0.25, -0.2) is 0 Å². The van der Waals surface area contributed by atoms with Gasteiger partial charge >= 0.3 is 0 Å². The fourth-order valence-corrected chi connectivity index (χ4v) is 5.04. The summed E-state index contributed by atoms with van der Waals surface area (Å²) >= 11 is 3.20.